The first-order valence-electron chi connectivity index (χ1n) is 9.08. The van der Waals surface area contributed by atoms with Gasteiger partial charge < -0.3 is 20.7 Å². The van der Waals surface area contributed by atoms with Gasteiger partial charge in [0.2, 0.25) is 0 Å². The van der Waals surface area contributed by atoms with Gasteiger partial charge in [0, 0.05) is 11.6 Å². The first kappa shape index (κ1) is 20.6. The summed E-state index contributed by atoms with van der Waals surface area (Å²) in [5, 5.41) is 20.9. The van der Waals surface area contributed by atoms with E-state index in [9.17, 15) is 10.2 Å². The zero-order valence-electron chi connectivity index (χ0n) is 14.9. The van der Waals surface area contributed by atoms with Crippen LogP contribution in [0.5, 0.6) is 11.5 Å². The van der Waals surface area contributed by atoms with Crippen LogP contribution in [0.1, 0.15) is 49.3 Å². The number of benzene rings is 2. The molecule has 2 aromatic rings. The molecule has 1 saturated carbocycles. The van der Waals surface area contributed by atoms with Crippen molar-refractivity contribution in [1.82, 2.24) is 0 Å². The summed E-state index contributed by atoms with van der Waals surface area (Å²) in [5.41, 5.74) is 7.87. The van der Waals surface area contributed by atoms with Crippen molar-refractivity contribution in [2.24, 2.45) is 11.7 Å². The predicted molar refractivity (Wildman–Crippen MR) is 106 cm³/mol. The Kier molecular flexibility index (Phi) is 7.76. The maximum Gasteiger partial charge on any atom is 0.124 e. The smallest absolute Gasteiger partial charge is 0.124 e. The van der Waals surface area contributed by atoms with E-state index in [0.717, 1.165) is 31.2 Å². The number of aromatic hydroxyl groups is 1. The molecule has 0 radical (unpaired) electrons. The summed E-state index contributed by atoms with van der Waals surface area (Å²) in [7, 11) is 0. The summed E-state index contributed by atoms with van der Waals surface area (Å²) in [6.45, 7) is 0.441. The van der Waals surface area contributed by atoms with Crippen LogP contribution in [0.4, 0.5) is 0 Å². The highest BCUT2D eigenvalue weighted by atomic mass is 35.5. The fraction of sp³-hybridized carbons (Fsp3) is 0.429. The molecule has 0 aliphatic heterocycles. The third-order valence-corrected chi connectivity index (χ3v) is 5.11. The van der Waals surface area contributed by atoms with Gasteiger partial charge in [0.15, 0.2) is 0 Å². The summed E-state index contributed by atoms with van der Waals surface area (Å²) >= 11 is 0. The van der Waals surface area contributed by atoms with Crippen LogP contribution in [0.25, 0.3) is 0 Å². The Balaban J connectivity index is 0.00000243. The Morgan fingerprint density at radius 1 is 1.04 bits per heavy atom. The summed E-state index contributed by atoms with van der Waals surface area (Å²) in [6.07, 6.45) is 4.92. The molecular weight excluding hydrogens is 350 g/mol. The predicted octanol–water partition coefficient (Wildman–Crippen LogP) is 4.33. The highest BCUT2D eigenvalue weighted by Gasteiger charge is 2.29. The second-order valence-corrected chi connectivity index (χ2v) is 6.91. The number of nitrogens with two attached hydrogens (primary N) is 1. The molecule has 0 heterocycles. The van der Waals surface area contributed by atoms with Gasteiger partial charge in [0.05, 0.1) is 12.1 Å². The molecule has 1 aliphatic rings. The lowest BCUT2D eigenvalue weighted by atomic mass is 9.81. The summed E-state index contributed by atoms with van der Waals surface area (Å²) in [5.74, 6) is 0.884. The number of rotatable bonds is 6. The molecule has 1 aliphatic carbocycles. The normalized spacial score (nSPS) is 17.2. The molecule has 4 nitrogen and oxygen atoms in total. The monoisotopic (exact) mass is 377 g/mol. The minimum absolute atomic E-state index is 0. The van der Waals surface area contributed by atoms with Gasteiger partial charge in [-0.05, 0) is 36.5 Å². The van der Waals surface area contributed by atoms with E-state index in [2.05, 4.69) is 0 Å². The van der Waals surface area contributed by atoms with Crippen LogP contribution in [0.2, 0.25) is 0 Å². The summed E-state index contributed by atoms with van der Waals surface area (Å²) < 4.78 is 5.72. The molecule has 0 bridgehead atoms. The van der Waals surface area contributed by atoms with Gasteiger partial charge in [-0.15, -0.1) is 12.4 Å². The fourth-order valence-electron chi connectivity index (χ4n) is 3.59. The lowest BCUT2D eigenvalue weighted by Crippen LogP contribution is -2.34. The number of hydrogen-bond donors (Lipinski definition) is 3. The second-order valence-electron chi connectivity index (χ2n) is 6.91. The third-order valence-electron chi connectivity index (χ3n) is 5.11. The van der Waals surface area contributed by atoms with Gasteiger partial charge in [-0.25, -0.2) is 0 Å². The Hall–Kier alpha value is -1.75. The van der Waals surface area contributed by atoms with Crippen molar-refractivity contribution in [3.05, 3.63) is 59.7 Å². The van der Waals surface area contributed by atoms with E-state index in [1.807, 2.05) is 30.3 Å². The van der Waals surface area contributed by atoms with E-state index in [4.69, 9.17) is 10.5 Å². The van der Waals surface area contributed by atoms with E-state index in [1.54, 1.807) is 18.2 Å². The molecule has 5 heteroatoms. The Labute approximate surface area is 161 Å². The highest BCUT2D eigenvalue weighted by Crippen LogP contribution is 2.35. The number of phenols is 1. The molecule has 0 unspecified atom stereocenters. The van der Waals surface area contributed by atoms with Gasteiger partial charge in [0.1, 0.15) is 18.1 Å². The zero-order valence-corrected chi connectivity index (χ0v) is 15.7. The van der Waals surface area contributed by atoms with Crippen LogP contribution in [0, 0.1) is 5.92 Å². The fourth-order valence-corrected chi connectivity index (χ4v) is 3.59. The Morgan fingerprint density at radius 3 is 2.38 bits per heavy atom. The average molecular weight is 378 g/mol. The van der Waals surface area contributed by atoms with Crippen molar-refractivity contribution in [3.8, 4) is 11.5 Å². The van der Waals surface area contributed by atoms with Crippen LogP contribution >= 0.6 is 12.4 Å². The zero-order chi connectivity index (χ0) is 17.6. The number of halogens is 1. The number of ether oxygens (including phenoxy) is 1. The van der Waals surface area contributed by atoms with Gasteiger partial charge in [-0.1, -0.05) is 49.6 Å². The Bertz CT molecular complexity index is 674. The molecule has 0 saturated heterocycles. The molecular formula is C21H28ClNO3. The van der Waals surface area contributed by atoms with Crippen molar-refractivity contribution in [2.45, 2.75) is 50.9 Å². The van der Waals surface area contributed by atoms with Crippen molar-refractivity contribution >= 4 is 12.4 Å². The standard InChI is InChI=1S/C21H27NO3.ClH/c22-20(21(24)16-9-5-2-6-10-16)18-12-11-17(13-19(18)23)25-14-15-7-3-1-4-8-15;/h1,3-4,7-8,11-13,16,20-21,23-24H,2,5-6,9-10,14,22H2;1H/t20-,21+;/m1./s1. The van der Waals surface area contributed by atoms with Crippen LogP contribution < -0.4 is 10.5 Å². The molecule has 1 fully saturated rings. The molecule has 4 N–H and O–H groups in total. The first-order chi connectivity index (χ1) is 12.1. The first-order valence-corrected chi connectivity index (χ1v) is 9.08. The summed E-state index contributed by atoms with van der Waals surface area (Å²) in [4.78, 5) is 0. The molecule has 142 valence electrons. The number of phenolic OH excluding ortho intramolecular Hbond substituents is 1. The van der Waals surface area contributed by atoms with Crippen molar-refractivity contribution in [2.75, 3.05) is 0 Å². The van der Waals surface area contributed by atoms with Gasteiger partial charge in [0.25, 0.3) is 0 Å². The Morgan fingerprint density at radius 2 is 1.73 bits per heavy atom. The van der Waals surface area contributed by atoms with E-state index in [-0.39, 0.29) is 24.1 Å². The molecule has 3 rings (SSSR count). The number of aliphatic hydroxyl groups is 1. The molecule has 26 heavy (non-hydrogen) atoms. The minimum Gasteiger partial charge on any atom is -0.507 e. The second kappa shape index (κ2) is 9.81. The molecule has 0 aromatic heterocycles. The topological polar surface area (TPSA) is 75.7 Å². The van der Waals surface area contributed by atoms with Gasteiger partial charge in [-0.3, -0.25) is 0 Å². The van der Waals surface area contributed by atoms with E-state index >= 15 is 0 Å². The third kappa shape index (κ3) is 5.13. The number of aliphatic hydroxyl groups excluding tert-OH is 1. The highest BCUT2D eigenvalue weighted by molar-refractivity contribution is 5.85. The average Bonchev–Trinajstić information content (AvgIpc) is 2.67. The van der Waals surface area contributed by atoms with Gasteiger partial charge in [-0.2, -0.15) is 0 Å². The molecule has 2 aromatic carbocycles. The molecule has 2 atom stereocenters. The van der Waals surface area contributed by atoms with Gasteiger partial charge >= 0.3 is 0 Å². The quantitative estimate of drug-likeness (QED) is 0.700. The lowest BCUT2D eigenvalue weighted by Gasteiger charge is -2.30. The molecule has 0 spiro atoms. The van der Waals surface area contributed by atoms with E-state index < -0.39 is 12.1 Å². The largest absolute Gasteiger partial charge is 0.507 e. The van der Waals surface area contributed by atoms with Crippen molar-refractivity contribution in [1.29, 1.82) is 0 Å². The van der Waals surface area contributed by atoms with Crippen molar-refractivity contribution in [3.63, 3.8) is 0 Å². The summed E-state index contributed by atoms with van der Waals surface area (Å²) in [6, 6.07) is 14.4. The van der Waals surface area contributed by atoms with Crippen LogP contribution in [-0.2, 0) is 6.61 Å². The lowest BCUT2D eigenvalue weighted by molar-refractivity contribution is 0.0610. The maximum atomic E-state index is 10.6. The number of hydrogen-bond acceptors (Lipinski definition) is 4. The van der Waals surface area contributed by atoms with Crippen LogP contribution in [0.15, 0.2) is 48.5 Å². The van der Waals surface area contributed by atoms with Crippen molar-refractivity contribution < 1.29 is 14.9 Å². The van der Waals surface area contributed by atoms with Crippen LogP contribution in [0.3, 0.4) is 0 Å². The van der Waals surface area contributed by atoms with E-state index in [1.165, 1.54) is 6.42 Å². The maximum absolute atomic E-state index is 10.6. The molecule has 0 amide bonds. The SMILES string of the molecule is Cl.N[C@H](c1ccc(OCc2ccccc2)cc1O)[C@@H](O)C1CCCCC1. The van der Waals surface area contributed by atoms with Crippen LogP contribution in [-0.4, -0.2) is 16.3 Å². The van der Waals surface area contributed by atoms with E-state index in [0.29, 0.717) is 17.9 Å². The minimum atomic E-state index is -0.623.